The number of carbonyl (C=O) groups excluding carboxylic acids is 2. The van der Waals surface area contributed by atoms with Crippen LogP contribution in [0.15, 0.2) is 54.7 Å². The van der Waals surface area contributed by atoms with Crippen molar-refractivity contribution in [3.8, 4) is 0 Å². The summed E-state index contributed by atoms with van der Waals surface area (Å²) >= 11 is 0. The van der Waals surface area contributed by atoms with Crippen LogP contribution in [-0.4, -0.2) is 34.4 Å². The lowest BCUT2D eigenvalue weighted by Gasteiger charge is -2.39. The minimum atomic E-state index is -0.231. The molecule has 0 saturated carbocycles. The maximum atomic E-state index is 13.0. The van der Waals surface area contributed by atoms with Gasteiger partial charge in [-0.3, -0.25) is 9.59 Å². The fourth-order valence-corrected chi connectivity index (χ4v) is 3.50. The number of anilines is 2. The minimum Gasteiger partial charge on any atom is -0.364 e. The minimum absolute atomic E-state index is 0.00577. The second-order valence-electron chi connectivity index (χ2n) is 7.14. The van der Waals surface area contributed by atoms with E-state index >= 15 is 0 Å². The van der Waals surface area contributed by atoms with Gasteiger partial charge in [-0.2, -0.15) is 0 Å². The average Bonchev–Trinajstić information content (AvgIpc) is 3.11. The number of amides is 2. The smallest absolute Gasteiger partial charge is 0.258 e. The van der Waals surface area contributed by atoms with E-state index in [4.69, 9.17) is 0 Å². The molecule has 0 bridgehead atoms. The summed E-state index contributed by atoms with van der Waals surface area (Å²) in [5.74, 6) is -0.185. The Morgan fingerprint density at radius 1 is 1.19 bits per heavy atom. The Bertz CT molecular complexity index is 1010. The van der Waals surface area contributed by atoms with Crippen molar-refractivity contribution in [2.45, 2.75) is 20.0 Å². The Hall–Kier alpha value is -3.28. The van der Waals surface area contributed by atoms with Gasteiger partial charge in [-0.15, -0.1) is 0 Å². The number of fused-ring (bicyclic) bond motifs is 2. The number of hydrogen-bond acceptors (Lipinski definition) is 3. The molecule has 138 valence electrons. The van der Waals surface area contributed by atoms with Crippen molar-refractivity contribution in [2.24, 2.45) is 5.92 Å². The number of benzene rings is 2. The highest BCUT2D eigenvalue weighted by molar-refractivity contribution is 6.04. The molecule has 3 N–H and O–H groups in total. The van der Waals surface area contributed by atoms with Gasteiger partial charge >= 0.3 is 0 Å². The molecular formula is C21H22N4O2. The predicted octanol–water partition coefficient (Wildman–Crippen LogP) is 3.66. The number of H-pyrrole nitrogens is 1. The molecule has 0 saturated heterocycles. The number of rotatable bonds is 4. The van der Waals surface area contributed by atoms with Crippen molar-refractivity contribution in [3.63, 3.8) is 0 Å². The Morgan fingerprint density at radius 2 is 2.00 bits per heavy atom. The second-order valence-corrected chi connectivity index (χ2v) is 7.14. The number of aromatic amines is 1. The van der Waals surface area contributed by atoms with Crippen LogP contribution in [0.5, 0.6) is 0 Å². The number of hydrogen-bond donors (Lipinski definition) is 3. The molecule has 1 aromatic heterocycles. The van der Waals surface area contributed by atoms with Crippen LogP contribution in [-0.2, 0) is 4.79 Å². The third kappa shape index (κ3) is 3.26. The summed E-state index contributed by atoms with van der Waals surface area (Å²) in [6.45, 7) is 4.06. The standard InChI is InChI=1S/C21H22N4O2/c1-13(2)20-24-18-6-4-3-5-16(18)21(27)25(20)12-19(26)23-15-7-8-17-14(11-15)9-10-22-17/h3-11,13,20,22,24H,12H2,1-2H3,(H,23,26). The van der Waals surface area contributed by atoms with Gasteiger partial charge in [0.05, 0.1) is 5.56 Å². The second kappa shape index (κ2) is 6.79. The average molecular weight is 362 g/mol. The first-order valence-corrected chi connectivity index (χ1v) is 9.06. The molecule has 2 heterocycles. The van der Waals surface area contributed by atoms with Crippen LogP contribution >= 0.6 is 0 Å². The molecule has 4 rings (SSSR count). The van der Waals surface area contributed by atoms with E-state index < -0.39 is 0 Å². The largest absolute Gasteiger partial charge is 0.364 e. The van der Waals surface area contributed by atoms with Crippen LogP contribution in [0.1, 0.15) is 24.2 Å². The summed E-state index contributed by atoms with van der Waals surface area (Å²) in [7, 11) is 0. The lowest BCUT2D eigenvalue weighted by Crippen LogP contribution is -2.53. The Kier molecular flexibility index (Phi) is 4.32. The van der Waals surface area contributed by atoms with E-state index in [0.717, 1.165) is 16.6 Å². The molecule has 1 aliphatic heterocycles. The van der Waals surface area contributed by atoms with E-state index in [1.165, 1.54) is 0 Å². The van der Waals surface area contributed by atoms with Crippen molar-refractivity contribution in [3.05, 3.63) is 60.3 Å². The summed E-state index contributed by atoms with van der Waals surface area (Å²) < 4.78 is 0. The summed E-state index contributed by atoms with van der Waals surface area (Å²) in [5.41, 5.74) is 3.14. The van der Waals surface area contributed by atoms with Crippen molar-refractivity contribution in [2.75, 3.05) is 17.2 Å². The van der Waals surface area contributed by atoms with Crippen LogP contribution < -0.4 is 10.6 Å². The molecule has 0 radical (unpaired) electrons. The first-order chi connectivity index (χ1) is 13.0. The van der Waals surface area contributed by atoms with E-state index in [-0.39, 0.29) is 30.4 Å². The molecule has 27 heavy (non-hydrogen) atoms. The van der Waals surface area contributed by atoms with E-state index in [2.05, 4.69) is 15.6 Å². The number of nitrogens with zero attached hydrogens (tertiary/aromatic N) is 1. The van der Waals surface area contributed by atoms with E-state index in [0.29, 0.717) is 11.3 Å². The normalized spacial score (nSPS) is 16.3. The van der Waals surface area contributed by atoms with Gasteiger partial charge in [-0.05, 0) is 42.3 Å². The van der Waals surface area contributed by atoms with Crippen LogP contribution in [0.3, 0.4) is 0 Å². The number of para-hydroxylation sites is 1. The Morgan fingerprint density at radius 3 is 2.81 bits per heavy atom. The predicted molar refractivity (Wildman–Crippen MR) is 107 cm³/mol. The highest BCUT2D eigenvalue weighted by Gasteiger charge is 2.34. The maximum Gasteiger partial charge on any atom is 0.258 e. The first kappa shape index (κ1) is 17.1. The summed E-state index contributed by atoms with van der Waals surface area (Å²) in [5, 5.41) is 7.31. The lowest BCUT2D eigenvalue weighted by molar-refractivity contribution is -0.117. The molecule has 6 heteroatoms. The maximum absolute atomic E-state index is 13.0. The fraction of sp³-hybridized carbons (Fsp3) is 0.238. The van der Waals surface area contributed by atoms with Crippen molar-refractivity contribution in [1.82, 2.24) is 9.88 Å². The highest BCUT2D eigenvalue weighted by atomic mass is 16.2. The van der Waals surface area contributed by atoms with Gasteiger partial charge in [0.25, 0.3) is 5.91 Å². The summed E-state index contributed by atoms with van der Waals surface area (Å²) in [4.78, 5) is 30.3. The van der Waals surface area contributed by atoms with Gasteiger partial charge in [0.1, 0.15) is 12.7 Å². The van der Waals surface area contributed by atoms with Gasteiger partial charge in [0.15, 0.2) is 0 Å². The van der Waals surface area contributed by atoms with E-state index in [1.807, 2.05) is 62.5 Å². The quantitative estimate of drug-likeness (QED) is 0.663. The molecule has 0 aliphatic carbocycles. The van der Waals surface area contributed by atoms with Crippen molar-refractivity contribution in [1.29, 1.82) is 0 Å². The number of nitrogens with one attached hydrogen (secondary N) is 3. The number of carbonyl (C=O) groups is 2. The zero-order chi connectivity index (χ0) is 19.0. The van der Waals surface area contributed by atoms with Crippen LogP contribution in [0, 0.1) is 5.92 Å². The molecule has 0 spiro atoms. The van der Waals surface area contributed by atoms with E-state index in [9.17, 15) is 9.59 Å². The van der Waals surface area contributed by atoms with Crippen molar-refractivity contribution < 1.29 is 9.59 Å². The topological polar surface area (TPSA) is 77.2 Å². The van der Waals surface area contributed by atoms with Gasteiger partial charge in [-0.25, -0.2) is 0 Å². The molecule has 3 aromatic rings. The van der Waals surface area contributed by atoms with Gasteiger partial charge in [-0.1, -0.05) is 26.0 Å². The molecule has 1 aliphatic rings. The molecule has 1 atom stereocenters. The molecule has 2 amide bonds. The molecule has 1 unspecified atom stereocenters. The SMILES string of the molecule is CC(C)C1Nc2ccccc2C(=O)N1CC(=O)Nc1ccc2[nH]ccc2c1. The number of aromatic nitrogens is 1. The third-order valence-electron chi connectivity index (χ3n) is 4.84. The summed E-state index contributed by atoms with van der Waals surface area (Å²) in [6.07, 6.45) is 1.63. The van der Waals surface area contributed by atoms with Crippen LogP contribution in [0.25, 0.3) is 10.9 Å². The summed E-state index contributed by atoms with van der Waals surface area (Å²) in [6, 6.07) is 15.0. The third-order valence-corrected chi connectivity index (χ3v) is 4.84. The van der Waals surface area contributed by atoms with Gasteiger partial charge < -0.3 is 20.5 Å². The Balaban J connectivity index is 1.54. The zero-order valence-electron chi connectivity index (χ0n) is 15.3. The van der Waals surface area contributed by atoms with Gasteiger partial charge in [0, 0.05) is 28.5 Å². The Labute approximate surface area is 157 Å². The molecule has 0 fully saturated rings. The van der Waals surface area contributed by atoms with Crippen molar-refractivity contribution >= 4 is 34.1 Å². The zero-order valence-corrected chi connectivity index (χ0v) is 15.3. The van der Waals surface area contributed by atoms with Crippen LogP contribution in [0.4, 0.5) is 11.4 Å². The molecule has 6 nitrogen and oxygen atoms in total. The molecule has 2 aromatic carbocycles. The van der Waals surface area contributed by atoms with Gasteiger partial charge in [0.2, 0.25) is 5.91 Å². The van der Waals surface area contributed by atoms with E-state index in [1.54, 1.807) is 11.0 Å². The highest BCUT2D eigenvalue weighted by Crippen LogP contribution is 2.28. The monoisotopic (exact) mass is 362 g/mol. The fourth-order valence-electron chi connectivity index (χ4n) is 3.50. The van der Waals surface area contributed by atoms with Crippen LogP contribution in [0.2, 0.25) is 0 Å². The first-order valence-electron chi connectivity index (χ1n) is 9.06. The molecular weight excluding hydrogens is 340 g/mol. The lowest BCUT2D eigenvalue weighted by atomic mass is 10.0.